The van der Waals surface area contributed by atoms with E-state index in [9.17, 15) is 14.7 Å². The summed E-state index contributed by atoms with van der Waals surface area (Å²) in [5, 5.41) is 16.1. The van der Waals surface area contributed by atoms with Crippen molar-refractivity contribution in [2.45, 2.75) is 51.4 Å². The highest BCUT2D eigenvalue weighted by Gasteiger charge is 2.48. The van der Waals surface area contributed by atoms with Crippen molar-refractivity contribution >= 4 is 23.1 Å². The van der Waals surface area contributed by atoms with Gasteiger partial charge in [-0.15, -0.1) is 0 Å². The van der Waals surface area contributed by atoms with Gasteiger partial charge in [0, 0.05) is 16.5 Å². The first-order valence-corrected chi connectivity index (χ1v) is 11.2. The maximum atomic E-state index is 13.7. The SMILES string of the molecule is CCCCO/N=C/C1OC(=O)[C@](O)(CC)c2cc3n(c(=O)c21)Cc1cc2ccccc2nc1-3. The summed E-state index contributed by atoms with van der Waals surface area (Å²) in [6, 6.07) is 11.5. The Bertz CT molecular complexity index is 1350. The van der Waals surface area contributed by atoms with Crippen LogP contribution < -0.4 is 5.56 Å². The van der Waals surface area contributed by atoms with Gasteiger partial charge < -0.3 is 19.2 Å². The fourth-order valence-electron chi connectivity index (χ4n) is 4.49. The average molecular weight is 447 g/mol. The Balaban J connectivity index is 1.66. The van der Waals surface area contributed by atoms with E-state index in [4.69, 9.17) is 14.6 Å². The molecule has 2 aliphatic rings. The number of unbranched alkanes of at least 4 members (excludes halogenated alkanes) is 1. The summed E-state index contributed by atoms with van der Waals surface area (Å²) in [6.07, 6.45) is 2.13. The number of nitrogens with zero attached hydrogens (tertiary/aromatic N) is 3. The number of hydrogen-bond donors (Lipinski definition) is 1. The number of cyclic esters (lactones) is 1. The lowest BCUT2D eigenvalue weighted by atomic mass is 9.83. The number of ether oxygens (including phenoxy) is 1. The fraction of sp³-hybridized carbons (Fsp3) is 0.360. The molecule has 3 aromatic rings. The zero-order valence-electron chi connectivity index (χ0n) is 18.6. The number of hydrogen-bond acceptors (Lipinski definition) is 7. The second-order valence-corrected chi connectivity index (χ2v) is 8.42. The molecular formula is C25H25N3O5. The number of carbonyl (C=O) groups excluding carboxylic acids is 1. The molecule has 2 aliphatic heterocycles. The molecule has 0 bridgehead atoms. The summed E-state index contributed by atoms with van der Waals surface area (Å²) < 4.78 is 7.07. The van der Waals surface area contributed by atoms with Crippen LogP contribution in [0, 0.1) is 0 Å². The van der Waals surface area contributed by atoms with E-state index in [1.807, 2.05) is 37.3 Å². The van der Waals surface area contributed by atoms with Crippen molar-refractivity contribution in [3.8, 4) is 11.4 Å². The molecule has 1 N–H and O–H groups in total. The zero-order chi connectivity index (χ0) is 23.2. The number of fused-ring (bicyclic) bond motifs is 5. The van der Waals surface area contributed by atoms with Crippen molar-refractivity contribution in [3.63, 3.8) is 0 Å². The van der Waals surface area contributed by atoms with Crippen LogP contribution in [-0.2, 0) is 26.5 Å². The summed E-state index contributed by atoms with van der Waals surface area (Å²) in [4.78, 5) is 36.4. The molecule has 8 heteroatoms. The molecule has 2 atom stereocenters. The lowest BCUT2D eigenvalue weighted by molar-refractivity contribution is -0.173. The van der Waals surface area contributed by atoms with Crippen molar-refractivity contribution < 1.29 is 19.5 Å². The maximum absolute atomic E-state index is 13.7. The third kappa shape index (κ3) is 3.33. The monoisotopic (exact) mass is 447 g/mol. The summed E-state index contributed by atoms with van der Waals surface area (Å²) in [6.45, 7) is 4.49. The Hall–Kier alpha value is -3.52. The molecule has 5 rings (SSSR count). The van der Waals surface area contributed by atoms with Crippen LogP contribution in [0.15, 0.2) is 46.3 Å². The minimum absolute atomic E-state index is 0.0661. The standard InChI is InChI=1S/C25H25N3O5/c1-3-5-10-32-26-13-20-21-17(25(31,4-2)24(30)33-20)12-19-22-16(14-28(19)23(21)29)11-15-8-6-7-9-18(15)27-22/h6-9,11-13,20,31H,3-5,10,14H2,1-2H3/b26-13+/t20?,25-/m0/s1. The van der Waals surface area contributed by atoms with Gasteiger partial charge in [0.1, 0.15) is 6.61 Å². The number of esters is 1. The number of para-hydroxylation sites is 1. The Morgan fingerprint density at radius 2 is 2.12 bits per heavy atom. The Morgan fingerprint density at radius 1 is 1.30 bits per heavy atom. The van der Waals surface area contributed by atoms with Crippen molar-refractivity contribution in [2.24, 2.45) is 5.16 Å². The Labute approximate surface area is 190 Å². The number of aliphatic hydroxyl groups is 1. The van der Waals surface area contributed by atoms with Crippen LogP contribution in [0.25, 0.3) is 22.3 Å². The number of pyridine rings is 2. The molecule has 1 aromatic carbocycles. The fourth-order valence-corrected chi connectivity index (χ4v) is 4.49. The first-order valence-electron chi connectivity index (χ1n) is 11.2. The van der Waals surface area contributed by atoms with E-state index < -0.39 is 17.7 Å². The number of carbonyl (C=O) groups is 1. The van der Waals surface area contributed by atoms with Crippen molar-refractivity contribution in [1.82, 2.24) is 9.55 Å². The van der Waals surface area contributed by atoms with E-state index in [0.717, 1.165) is 29.3 Å². The maximum Gasteiger partial charge on any atom is 0.343 e. The van der Waals surface area contributed by atoms with E-state index in [1.54, 1.807) is 17.6 Å². The third-order valence-electron chi connectivity index (χ3n) is 6.38. The second kappa shape index (κ2) is 8.12. The first-order chi connectivity index (χ1) is 16.0. The summed E-state index contributed by atoms with van der Waals surface area (Å²) in [5.41, 5.74) is 1.16. The lowest BCUT2D eigenvalue weighted by Gasteiger charge is -2.34. The zero-order valence-corrected chi connectivity index (χ0v) is 18.6. The van der Waals surface area contributed by atoms with Crippen molar-refractivity contribution in [1.29, 1.82) is 0 Å². The largest absolute Gasteiger partial charge is 0.449 e. The molecule has 0 saturated carbocycles. The van der Waals surface area contributed by atoms with Gasteiger partial charge in [0.05, 0.1) is 35.2 Å². The van der Waals surface area contributed by atoms with Gasteiger partial charge in [0.2, 0.25) is 0 Å². The number of rotatable bonds is 6. The van der Waals surface area contributed by atoms with Gasteiger partial charge in [-0.3, -0.25) is 4.79 Å². The van der Waals surface area contributed by atoms with Crippen molar-refractivity contribution in [2.75, 3.05) is 6.61 Å². The molecule has 0 aliphatic carbocycles. The quantitative estimate of drug-likeness (QED) is 0.210. The van der Waals surface area contributed by atoms with Crippen LogP contribution in [0.3, 0.4) is 0 Å². The lowest BCUT2D eigenvalue weighted by Crippen LogP contribution is -2.46. The average Bonchev–Trinajstić information content (AvgIpc) is 3.18. The highest BCUT2D eigenvalue weighted by molar-refractivity contribution is 5.89. The molecule has 170 valence electrons. The summed E-state index contributed by atoms with van der Waals surface area (Å²) >= 11 is 0. The molecule has 0 saturated heterocycles. The molecule has 33 heavy (non-hydrogen) atoms. The molecule has 4 heterocycles. The minimum Gasteiger partial charge on any atom is -0.449 e. The number of oxime groups is 1. The molecule has 2 aromatic heterocycles. The molecule has 8 nitrogen and oxygen atoms in total. The van der Waals surface area contributed by atoms with Gasteiger partial charge in [-0.05, 0) is 31.0 Å². The van der Waals surface area contributed by atoms with Crippen LogP contribution in [-0.4, -0.2) is 33.4 Å². The molecule has 0 radical (unpaired) electrons. The number of benzene rings is 1. The van der Waals surface area contributed by atoms with E-state index in [1.165, 1.54) is 6.21 Å². The van der Waals surface area contributed by atoms with Crippen LogP contribution >= 0.6 is 0 Å². The van der Waals surface area contributed by atoms with Gasteiger partial charge >= 0.3 is 5.97 Å². The van der Waals surface area contributed by atoms with Gasteiger partial charge in [-0.25, -0.2) is 9.78 Å². The van der Waals surface area contributed by atoms with Gasteiger partial charge in [-0.2, -0.15) is 0 Å². The smallest absolute Gasteiger partial charge is 0.343 e. The van der Waals surface area contributed by atoms with Gasteiger partial charge in [0.15, 0.2) is 11.7 Å². The van der Waals surface area contributed by atoms with Crippen LogP contribution in [0.5, 0.6) is 0 Å². The third-order valence-corrected chi connectivity index (χ3v) is 6.38. The summed E-state index contributed by atoms with van der Waals surface area (Å²) in [7, 11) is 0. The van der Waals surface area contributed by atoms with Crippen LogP contribution in [0.2, 0.25) is 0 Å². The molecule has 1 unspecified atom stereocenters. The predicted octanol–water partition coefficient (Wildman–Crippen LogP) is 3.42. The second-order valence-electron chi connectivity index (χ2n) is 8.42. The highest BCUT2D eigenvalue weighted by Crippen LogP contribution is 2.41. The topological polar surface area (TPSA) is 103 Å². The van der Waals surface area contributed by atoms with E-state index >= 15 is 0 Å². The molecule has 0 spiro atoms. The Morgan fingerprint density at radius 3 is 2.91 bits per heavy atom. The molecular weight excluding hydrogens is 422 g/mol. The van der Waals surface area contributed by atoms with Crippen LogP contribution in [0.4, 0.5) is 0 Å². The number of aromatic nitrogens is 2. The van der Waals surface area contributed by atoms with E-state index in [-0.39, 0.29) is 23.1 Å². The van der Waals surface area contributed by atoms with E-state index in [2.05, 4.69) is 5.16 Å². The summed E-state index contributed by atoms with van der Waals surface area (Å²) in [5.74, 6) is -0.809. The van der Waals surface area contributed by atoms with E-state index in [0.29, 0.717) is 24.5 Å². The van der Waals surface area contributed by atoms with Gasteiger partial charge in [0.25, 0.3) is 5.56 Å². The predicted molar refractivity (Wildman–Crippen MR) is 123 cm³/mol. The molecule has 0 amide bonds. The minimum atomic E-state index is -1.92. The Kier molecular flexibility index (Phi) is 5.25. The van der Waals surface area contributed by atoms with Crippen LogP contribution in [0.1, 0.15) is 55.9 Å². The highest BCUT2D eigenvalue weighted by atomic mass is 16.6. The molecule has 0 fully saturated rings. The first kappa shape index (κ1) is 21.3. The normalized spacial score (nSPS) is 21.1. The van der Waals surface area contributed by atoms with Gasteiger partial charge in [-0.1, -0.05) is 43.6 Å². The van der Waals surface area contributed by atoms with Crippen molar-refractivity contribution in [3.05, 3.63) is 63.4 Å².